The van der Waals surface area contributed by atoms with Crippen LogP contribution in [0.5, 0.6) is 0 Å². The Morgan fingerprint density at radius 3 is 2.78 bits per heavy atom. The minimum atomic E-state index is -0.228. The van der Waals surface area contributed by atoms with E-state index in [4.69, 9.17) is 0 Å². The second-order valence-electron chi connectivity index (χ2n) is 4.67. The lowest BCUT2D eigenvalue weighted by atomic mass is 10.0. The molecule has 1 heterocycles. The molecule has 0 saturated carbocycles. The second kappa shape index (κ2) is 6.50. The van der Waals surface area contributed by atoms with Gasteiger partial charge in [-0.1, -0.05) is 18.6 Å². The fraction of sp³-hybridized carbons (Fsp3) is 0.500. The quantitative estimate of drug-likeness (QED) is 0.852. The first-order valence-electron chi connectivity index (χ1n) is 6.51. The molecule has 2 N–H and O–H groups in total. The Morgan fingerprint density at radius 2 is 2.11 bits per heavy atom. The third-order valence-electron chi connectivity index (χ3n) is 3.25. The summed E-state index contributed by atoms with van der Waals surface area (Å²) in [5, 5.41) is 6.13. The summed E-state index contributed by atoms with van der Waals surface area (Å²) in [6, 6.07) is 6.35. The summed E-state index contributed by atoms with van der Waals surface area (Å²) in [6.45, 7) is 1.53. The molecule has 1 saturated heterocycles. The van der Waals surface area contributed by atoms with E-state index in [1.807, 2.05) is 0 Å². The number of piperidine rings is 1. The standard InChI is InChI=1S/C14H19FN2O/c15-12-6-4-11(5-7-12)8-10-17-14(18)13-3-1-2-9-16-13/h4-7,13,16H,1-3,8-10H2,(H,17,18)/t13-/m1/s1. The van der Waals surface area contributed by atoms with E-state index in [1.165, 1.54) is 12.1 Å². The normalized spacial score (nSPS) is 19.5. The third kappa shape index (κ3) is 3.81. The van der Waals surface area contributed by atoms with Crippen molar-refractivity contribution in [3.05, 3.63) is 35.6 Å². The molecule has 0 aliphatic carbocycles. The molecule has 1 aliphatic heterocycles. The molecule has 1 atom stereocenters. The molecule has 0 spiro atoms. The summed E-state index contributed by atoms with van der Waals surface area (Å²) in [6.07, 6.45) is 3.92. The van der Waals surface area contributed by atoms with Crippen molar-refractivity contribution in [2.45, 2.75) is 31.7 Å². The number of carbonyl (C=O) groups excluding carboxylic acids is 1. The second-order valence-corrected chi connectivity index (χ2v) is 4.67. The zero-order chi connectivity index (χ0) is 12.8. The highest BCUT2D eigenvalue weighted by Crippen LogP contribution is 2.07. The molecule has 2 rings (SSSR count). The van der Waals surface area contributed by atoms with Gasteiger partial charge in [0.2, 0.25) is 5.91 Å². The zero-order valence-electron chi connectivity index (χ0n) is 10.4. The van der Waals surface area contributed by atoms with Crippen molar-refractivity contribution in [1.29, 1.82) is 0 Å². The third-order valence-corrected chi connectivity index (χ3v) is 3.25. The highest BCUT2D eigenvalue weighted by Gasteiger charge is 2.19. The van der Waals surface area contributed by atoms with Crippen molar-refractivity contribution in [2.75, 3.05) is 13.1 Å². The number of rotatable bonds is 4. The molecule has 1 aliphatic rings. The average molecular weight is 250 g/mol. The Labute approximate surface area is 107 Å². The number of nitrogens with one attached hydrogen (secondary N) is 2. The van der Waals surface area contributed by atoms with Gasteiger partial charge in [0.05, 0.1) is 6.04 Å². The summed E-state index contributed by atoms with van der Waals surface area (Å²) < 4.78 is 12.7. The van der Waals surface area contributed by atoms with Gasteiger partial charge in [-0.2, -0.15) is 0 Å². The maximum Gasteiger partial charge on any atom is 0.237 e. The summed E-state index contributed by atoms with van der Waals surface area (Å²) >= 11 is 0. The first kappa shape index (κ1) is 13.0. The minimum Gasteiger partial charge on any atom is -0.354 e. The van der Waals surface area contributed by atoms with E-state index in [1.54, 1.807) is 12.1 Å². The lowest BCUT2D eigenvalue weighted by molar-refractivity contribution is -0.123. The zero-order valence-corrected chi connectivity index (χ0v) is 10.4. The van der Waals surface area contributed by atoms with Crippen molar-refractivity contribution in [2.24, 2.45) is 0 Å². The Hall–Kier alpha value is -1.42. The van der Waals surface area contributed by atoms with Crippen LogP contribution in [0.1, 0.15) is 24.8 Å². The molecule has 0 bridgehead atoms. The van der Waals surface area contributed by atoms with Gasteiger partial charge in [-0.3, -0.25) is 4.79 Å². The van der Waals surface area contributed by atoms with Gasteiger partial charge in [0.25, 0.3) is 0 Å². The van der Waals surface area contributed by atoms with Crippen molar-refractivity contribution >= 4 is 5.91 Å². The molecule has 18 heavy (non-hydrogen) atoms. The van der Waals surface area contributed by atoms with Crippen molar-refractivity contribution in [3.63, 3.8) is 0 Å². The molecule has 1 amide bonds. The van der Waals surface area contributed by atoms with Crippen LogP contribution in [0.2, 0.25) is 0 Å². The van der Waals surface area contributed by atoms with Crippen LogP contribution in [0.25, 0.3) is 0 Å². The molecule has 4 heteroatoms. The van der Waals surface area contributed by atoms with E-state index in [-0.39, 0.29) is 17.8 Å². The number of halogens is 1. The maximum absolute atomic E-state index is 12.7. The molecule has 1 fully saturated rings. The van der Waals surface area contributed by atoms with Crippen LogP contribution < -0.4 is 10.6 Å². The SMILES string of the molecule is O=C(NCCc1ccc(F)cc1)[C@H]1CCCCN1. The average Bonchev–Trinajstić information content (AvgIpc) is 2.42. The van der Waals surface area contributed by atoms with Crippen LogP contribution in [0.4, 0.5) is 4.39 Å². The van der Waals surface area contributed by atoms with Gasteiger partial charge in [-0.25, -0.2) is 4.39 Å². The van der Waals surface area contributed by atoms with Gasteiger partial charge >= 0.3 is 0 Å². The summed E-state index contributed by atoms with van der Waals surface area (Å²) in [5.74, 6) is -0.147. The van der Waals surface area contributed by atoms with E-state index in [0.717, 1.165) is 37.8 Å². The van der Waals surface area contributed by atoms with Gasteiger partial charge < -0.3 is 10.6 Å². The van der Waals surface area contributed by atoms with Crippen molar-refractivity contribution in [1.82, 2.24) is 10.6 Å². The number of carbonyl (C=O) groups is 1. The van der Waals surface area contributed by atoms with Gasteiger partial charge in [-0.15, -0.1) is 0 Å². The van der Waals surface area contributed by atoms with Crippen LogP contribution in [0.15, 0.2) is 24.3 Å². The predicted molar refractivity (Wildman–Crippen MR) is 68.8 cm³/mol. The van der Waals surface area contributed by atoms with E-state index in [9.17, 15) is 9.18 Å². The molecule has 0 unspecified atom stereocenters. The maximum atomic E-state index is 12.7. The Kier molecular flexibility index (Phi) is 4.70. The largest absolute Gasteiger partial charge is 0.354 e. The van der Waals surface area contributed by atoms with Crippen LogP contribution in [0.3, 0.4) is 0 Å². The predicted octanol–water partition coefficient (Wildman–Crippen LogP) is 1.63. The van der Waals surface area contributed by atoms with Crippen molar-refractivity contribution in [3.8, 4) is 0 Å². The lowest BCUT2D eigenvalue weighted by Crippen LogP contribution is -2.47. The van der Waals surface area contributed by atoms with Crippen LogP contribution in [0, 0.1) is 5.82 Å². The number of hydrogen-bond donors (Lipinski definition) is 2. The minimum absolute atomic E-state index is 0.0352. The summed E-state index contributed by atoms with van der Waals surface area (Å²) in [7, 11) is 0. The van der Waals surface area contributed by atoms with E-state index in [2.05, 4.69) is 10.6 Å². The number of hydrogen-bond acceptors (Lipinski definition) is 2. The molecular weight excluding hydrogens is 231 g/mol. The van der Waals surface area contributed by atoms with Gasteiger partial charge in [-0.05, 0) is 43.5 Å². The van der Waals surface area contributed by atoms with Gasteiger partial charge in [0.1, 0.15) is 5.82 Å². The summed E-state index contributed by atoms with van der Waals surface area (Å²) in [5.41, 5.74) is 1.04. The number of benzene rings is 1. The van der Waals surface area contributed by atoms with E-state index in [0.29, 0.717) is 6.54 Å². The van der Waals surface area contributed by atoms with Gasteiger partial charge in [0.15, 0.2) is 0 Å². The topological polar surface area (TPSA) is 41.1 Å². The van der Waals surface area contributed by atoms with Crippen molar-refractivity contribution < 1.29 is 9.18 Å². The van der Waals surface area contributed by atoms with E-state index < -0.39 is 0 Å². The Balaban J connectivity index is 1.71. The fourth-order valence-corrected chi connectivity index (χ4v) is 2.18. The molecule has 1 aromatic carbocycles. The molecule has 98 valence electrons. The lowest BCUT2D eigenvalue weighted by Gasteiger charge is -2.22. The van der Waals surface area contributed by atoms with Crippen LogP contribution >= 0.6 is 0 Å². The van der Waals surface area contributed by atoms with Crippen LogP contribution in [-0.4, -0.2) is 25.0 Å². The Morgan fingerprint density at radius 1 is 1.33 bits per heavy atom. The molecular formula is C14H19FN2O. The van der Waals surface area contributed by atoms with Gasteiger partial charge in [0, 0.05) is 6.54 Å². The highest BCUT2D eigenvalue weighted by atomic mass is 19.1. The monoisotopic (exact) mass is 250 g/mol. The van der Waals surface area contributed by atoms with Crippen LogP contribution in [-0.2, 0) is 11.2 Å². The summed E-state index contributed by atoms with van der Waals surface area (Å²) in [4.78, 5) is 11.8. The molecule has 3 nitrogen and oxygen atoms in total. The highest BCUT2D eigenvalue weighted by molar-refractivity contribution is 5.81. The number of amides is 1. The first-order valence-corrected chi connectivity index (χ1v) is 6.51. The Bertz CT molecular complexity index is 385. The smallest absolute Gasteiger partial charge is 0.237 e. The molecule has 0 radical (unpaired) electrons. The van der Waals surface area contributed by atoms with E-state index >= 15 is 0 Å². The first-order chi connectivity index (χ1) is 8.75. The fourth-order valence-electron chi connectivity index (χ4n) is 2.18. The molecule has 1 aromatic rings. The molecule has 0 aromatic heterocycles.